The number of hydrazone groups is 1. The van der Waals surface area contributed by atoms with E-state index >= 15 is 0 Å². The first-order valence-corrected chi connectivity index (χ1v) is 2.31. The molecule has 0 heterocycles. The van der Waals surface area contributed by atoms with Crippen LogP contribution in [0, 0.1) is 0 Å². The number of hydrogen-bond donors (Lipinski definition) is 3. The van der Waals surface area contributed by atoms with E-state index in [2.05, 4.69) is 5.10 Å². The third-order valence-corrected chi connectivity index (χ3v) is 0.799. The summed E-state index contributed by atoms with van der Waals surface area (Å²) in [5, 5.41) is 3.23. The average Bonchev–Trinajstić information content (AvgIpc) is 1.62. The van der Waals surface area contributed by atoms with Crippen LogP contribution >= 0.6 is 0 Å². The fourth-order valence-corrected chi connectivity index (χ4v) is 0.166. The Hall–Kier alpha value is -0.770. The van der Waals surface area contributed by atoms with Crippen LogP contribution in [-0.2, 0) is 0 Å². The zero-order chi connectivity index (χ0) is 6.78. The fraction of sp³-hybridized carbons (Fsp3) is 0.750. The van der Waals surface area contributed by atoms with Crippen LogP contribution < -0.4 is 17.3 Å². The maximum Gasteiger partial charge on any atom is 0.138 e. The van der Waals surface area contributed by atoms with E-state index in [9.17, 15) is 0 Å². The lowest BCUT2D eigenvalue weighted by atomic mass is 10.1. The molecule has 0 fully saturated rings. The topological polar surface area (TPSA) is 90.4 Å². The first-order chi connectivity index (χ1) is 3.48. The van der Waals surface area contributed by atoms with Crippen LogP contribution in [-0.4, -0.2) is 11.4 Å². The third-order valence-electron chi connectivity index (χ3n) is 0.799. The van der Waals surface area contributed by atoms with Crippen molar-refractivity contribution in [2.75, 3.05) is 0 Å². The molecule has 0 aliphatic heterocycles. The van der Waals surface area contributed by atoms with Crippen LogP contribution in [0.25, 0.3) is 0 Å². The van der Waals surface area contributed by atoms with Gasteiger partial charge in [-0.1, -0.05) is 0 Å². The summed E-state index contributed by atoms with van der Waals surface area (Å²) in [6.45, 7) is 3.47. The maximum absolute atomic E-state index is 5.45. The van der Waals surface area contributed by atoms with Crippen LogP contribution in [0.4, 0.5) is 0 Å². The van der Waals surface area contributed by atoms with Crippen LogP contribution in [0.1, 0.15) is 13.8 Å². The number of rotatable bonds is 1. The molecule has 6 N–H and O–H groups in total. The summed E-state index contributed by atoms with van der Waals surface area (Å²) in [5.74, 6) is 5.10. The van der Waals surface area contributed by atoms with Crippen molar-refractivity contribution < 1.29 is 0 Å². The lowest BCUT2D eigenvalue weighted by molar-refractivity contribution is 0.688. The molecule has 0 bridgehead atoms. The van der Waals surface area contributed by atoms with Gasteiger partial charge in [0.1, 0.15) is 5.84 Å². The molecule has 48 valence electrons. The molecule has 0 aliphatic rings. The highest BCUT2D eigenvalue weighted by Crippen LogP contribution is 1.93. The van der Waals surface area contributed by atoms with Crippen molar-refractivity contribution in [2.24, 2.45) is 22.4 Å². The van der Waals surface area contributed by atoms with Crippen molar-refractivity contribution in [2.45, 2.75) is 19.4 Å². The Morgan fingerprint density at radius 1 is 1.50 bits per heavy atom. The minimum Gasteiger partial charge on any atom is -0.384 e. The Morgan fingerprint density at radius 3 is 1.88 bits per heavy atom. The molecular formula is C4H12N4. The van der Waals surface area contributed by atoms with Crippen molar-refractivity contribution in [3.8, 4) is 0 Å². The summed E-state index contributed by atoms with van der Waals surface area (Å²) in [5.41, 5.74) is 10.1. The van der Waals surface area contributed by atoms with Gasteiger partial charge in [-0.25, -0.2) is 0 Å². The summed E-state index contributed by atoms with van der Waals surface area (Å²) in [6.07, 6.45) is 0. The van der Waals surface area contributed by atoms with E-state index in [4.69, 9.17) is 17.3 Å². The third kappa shape index (κ3) is 1.79. The van der Waals surface area contributed by atoms with Crippen LogP contribution in [0.15, 0.2) is 5.10 Å². The molecule has 0 saturated carbocycles. The van der Waals surface area contributed by atoms with E-state index in [0.717, 1.165) is 0 Å². The minimum atomic E-state index is -0.589. The Bertz CT molecular complexity index is 99.1. The molecule has 0 amide bonds. The summed E-state index contributed by atoms with van der Waals surface area (Å²) in [7, 11) is 0. The molecule has 4 nitrogen and oxygen atoms in total. The summed E-state index contributed by atoms with van der Waals surface area (Å²) >= 11 is 0. The van der Waals surface area contributed by atoms with E-state index in [1.165, 1.54) is 0 Å². The molecule has 0 aliphatic carbocycles. The van der Waals surface area contributed by atoms with Crippen molar-refractivity contribution in [1.82, 2.24) is 0 Å². The molecule has 0 aromatic carbocycles. The molecule has 0 aromatic rings. The molecule has 0 spiro atoms. The minimum absolute atomic E-state index is 0.262. The maximum atomic E-state index is 5.45. The number of amidine groups is 1. The molecule has 0 radical (unpaired) electrons. The van der Waals surface area contributed by atoms with E-state index in [1.54, 1.807) is 13.8 Å². The molecular weight excluding hydrogens is 104 g/mol. The van der Waals surface area contributed by atoms with Gasteiger partial charge in [-0.2, -0.15) is 5.10 Å². The van der Waals surface area contributed by atoms with Gasteiger partial charge >= 0.3 is 0 Å². The summed E-state index contributed by atoms with van der Waals surface area (Å²) in [6, 6.07) is 0. The lowest BCUT2D eigenvalue weighted by Crippen LogP contribution is -2.47. The second-order valence-corrected chi connectivity index (χ2v) is 2.24. The van der Waals surface area contributed by atoms with Crippen molar-refractivity contribution in [1.29, 1.82) is 0 Å². The zero-order valence-corrected chi connectivity index (χ0v) is 5.18. The van der Waals surface area contributed by atoms with Crippen molar-refractivity contribution >= 4 is 5.84 Å². The van der Waals surface area contributed by atoms with E-state index in [-0.39, 0.29) is 5.84 Å². The van der Waals surface area contributed by atoms with Gasteiger partial charge in [0, 0.05) is 0 Å². The quantitative estimate of drug-likeness (QED) is 0.177. The molecule has 8 heavy (non-hydrogen) atoms. The van der Waals surface area contributed by atoms with Gasteiger partial charge in [-0.15, -0.1) is 0 Å². The molecule has 0 unspecified atom stereocenters. The second-order valence-electron chi connectivity index (χ2n) is 2.24. The monoisotopic (exact) mass is 116 g/mol. The van der Waals surface area contributed by atoms with Gasteiger partial charge in [-0.3, -0.25) is 0 Å². The largest absolute Gasteiger partial charge is 0.384 e. The average molecular weight is 116 g/mol. The normalized spacial score (nSPS) is 14.1. The molecule has 0 atom stereocenters. The Morgan fingerprint density at radius 2 is 1.88 bits per heavy atom. The van der Waals surface area contributed by atoms with Crippen LogP contribution in [0.3, 0.4) is 0 Å². The molecule has 0 rings (SSSR count). The lowest BCUT2D eigenvalue weighted by Gasteiger charge is -2.15. The first kappa shape index (κ1) is 7.23. The number of nitrogens with zero attached hydrogens (tertiary/aromatic N) is 1. The number of hydrogen-bond acceptors (Lipinski definition) is 3. The van der Waals surface area contributed by atoms with Crippen molar-refractivity contribution in [3.63, 3.8) is 0 Å². The van der Waals surface area contributed by atoms with E-state index < -0.39 is 5.54 Å². The SMILES string of the molecule is CC(C)(N)/C(N)=N/N. The van der Waals surface area contributed by atoms with Gasteiger partial charge in [0.25, 0.3) is 0 Å². The second kappa shape index (κ2) is 2.00. The van der Waals surface area contributed by atoms with Crippen molar-refractivity contribution in [3.05, 3.63) is 0 Å². The standard InChI is InChI=1S/C4H12N4/c1-4(2,6)3(5)8-7/h6-7H2,1-2H3,(H2,5,8). The van der Waals surface area contributed by atoms with Gasteiger partial charge in [0.15, 0.2) is 0 Å². The highest BCUT2D eigenvalue weighted by molar-refractivity contribution is 5.88. The smallest absolute Gasteiger partial charge is 0.138 e. The Labute approximate surface area is 48.7 Å². The van der Waals surface area contributed by atoms with Gasteiger partial charge in [0.05, 0.1) is 5.54 Å². The summed E-state index contributed by atoms with van der Waals surface area (Å²) in [4.78, 5) is 0. The number of nitrogens with two attached hydrogens (primary N) is 3. The predicted octanol–water partition coefficient (Wildman–Crippen LogP) is -1.05. The van der Waals surface area contributed by atoms with E-state index in [0.29, 0.717) is 0 Å². The van der Waals surface area contributed by atoms with Gasteiger partial charge in [0.2, 0.25) is 0 Å². The summed E-state index contributed by atoms with van der Waals surface area (Å²) < 4.78 is 0. The highest BCUT2D eigenvalue weighted by Gasteiger charge is 2.14. The fourth-order valence-electron chi connectivity index (χ4n) is 0.166. The first-order valence-electron chi connectivity index (χ1n) is 2.31. The van der Waals surface area contributed by atoms with Crippen LogP contribution in [0.2, 0.25) is 0 Å². The Kier molecular flexibility index (Phi) is 1.81. The highest BCUT2D eigenvalue weighted by atomic mass is 15.2. The molecule has 4 heteroatoms. The molecule has 0 saturated heterocycles. The Balaban J connectivity index is 4.03. The van der Waals surface area contributed by atoms with E-state index in [1.807, 2.05) is 0 Å². The van der Waals surface area contributed by atoms with Gasteiger partial charge < -0.3 is 17.3 Å². The zero-order valence-electron chi connectivity index (χ0n) is 5.18. The predicted molar refractivity (Wildman–Crippen MR) is 34.1 cm³/mol. The molecule has 0 aromatic heterocycles. The van der Waals surface area contributed by atoms with Gasteiger partial charge in [-0.05, 0) is 13.8 Å². The van der Waals surface area contributed by atoms with Crippen LogP contribution in [0.5, 0.6) is 0 Å².